The van der Waals surface area contributed by atoms with Crippen molar-refractivity contribution in [2.24, 2.45) is 5.73 Å². The van der Waals surface area contributed by atoms with Crippen LogP contribution >= 0.6 is 0 Å². The molecule has 1 aromatic heterocycles. The van der Waals surface area contributed by atoms with Gasteiger partial charge in [0.25, 0.3) is 0 Å². The zero-order valence-electron chi connectivity index (χ0n) is 7.49. The van der Waals surface area contributed by atoms with E-state index in [1.807, 2.05) is 6.92 Å². The molecule has 70 valence electrons. The van der Waals surface area contributed by atoms with Crippen LogP contribution in [0.25, 0.3) is 0 Å². The van der Waals surface area contributed by atoms with E-state index >= 15 is 0 Å². The van der Waals surface area contributed by atoms with Crippen molar-refractivity contribution in [3.63, 3.8) is 0 Å². The number of amides is 1. The average molecular weight is 180 g/mol. The third-order valence-electron chi connectivity index (χ3n) is 1.47. The quantitative estimate of drug-likeness (QED) is 0.750. The SMILES string of the molecule is CCCOc1cc(C(N)=O)ccn1. The molecule has 4 heteroatoms. The maximum atomic E-state index is 10.8. The Morgan fingerprint density at radius 3 is 3.08 bits per heavy atom. The van der Waals surface area contributed by atoms with Crippen molar-refractivity contribution in [1.29, 1.82) is 0 Å². The Bertz CT molecular complexity index is 299. The first-order valence-corrected chi connectivity index (χ1v) is 4.12. The van der Waals surface area contributed by atoms with E-state index in [9.17, 15) is 4.79 Å². The van der Waals surface area contributed by atoms with Gasteiger partial charge in [0, 0.05) is 17.8 Å². The summed E-state index contributed by atoms with van der Waals surface area (Å²) < 4.78 is 5.23. The summed E-state index contributed by atoms with van der Waals surface area (Å²) in [5.74, 6) is -0.0260. The van der Waals surface area contributed by atoms with Crippen LogP contribution in [0.4, 0.5) is 0 Å². The van der Waals surface area contributed by atoms with Gasteiger partial charge in [-0.05, 0) is 12.5 Å². The topological polar surface area (TPSA) is 65.2 Å². The van der Waals surface area contributed by atoms with Crippen LogP contribution in [0.2, 0.25) is 0 Å². The second-order valence-corrected chi connectivity index (χ2v) is 2.60. The van der Waals surface area contributed by atoms with Gasteiger partial charge in [-0.3, -0.25) is 4.79 Å². The third kappa shape index (κ3) is 2.74. The van der Waals surface area contributed by atoms with E-state index in [1.165, 1.54) is 12.3 Å². The normalized spacial score (nSPS) is 9.62. The molecule has 1 aromatic rings. The Kier molecular flexibility index (Phi) is 3.25. The molecule has 0 bridgehead atoms. The van der Waals surface area contributed by atoms with Crippen molar-refractivity contribution in [3.05, 3.63) is 23.9 Å². The minimum Gasteiger partial charge on any atom is -0.478 e. The lowest BCUT2D eigenvalue weighted by Gasteiger charge is -2.03. The summed E-state index contributed by atoms with van der Waals surface area (Å²) in [6.45, 7) is 2.59. The average Bonchev–Trinajstić information content (AvgIpc) is 2.15. The minimum atomic E-state index is -0.469. The molecule has 1 amide bonds. The Labute approximate surface area is 76.7 Å². The number of ether oxygens (including phenoxy) is 1. The highest BCUT2D eigenvalue weighted by Gasteiger charge is 2.01. The van der Waals surface area contributed by atoms with E-state index in [2.05, 4.69) is 4.98 Å². The zero-order valence-corrected chi connectivity index (χ0v) is 7.49. The van der Waals surface area contributed by atoms with Gasteiger partial charge in [0.1, 0.15) is 0 Å². The summed E-state index contributed by atoms with van der Waals surface area (Å²) in [5, 5.41) is 0. The van der Waals surface area contributed by atoms with Gasteiger partial charge in [-0.1, -0.05) is 6.92 Å². The maximum Gasteiger partial charge on any atom is 0.248 e. The summed E-state index contributed by atoms with van der Waals surface area (Å²) in [6, 6.07) is 3.10. The lowest BCUT2D eigenvalue weighted by molar-refractivity contribution is 0.0999. The highest BCUT2D eigenvalue weighted by molar-refractivity contribution is 5.92. The number of pyridine rings is 1. The summed E-state index contributed by atoms with van der Waals surface area (Å²) in [4.78, 5) is 14.7. The molecule has 0 aliphatic heterocycles. The Hall–Kier alpha value is -1.58. The molecule has 1 heterocycles. The van der Waals surface area contributed by atoms with Gasteiger partial charge >= 0.3 is 0 Å². The number of rotatable bonds is 4. The van der Waals surface area contributed by atoms with Gasteiger partial charge in [0.2, 0.25) is 11.8 Å². The molecule has 0 aliphatic rings. The number of aromatic nitrogens is 1. The Balaban J connectivity index is 2.73. The predicted molar refractivity (Wildman–Crippen MR) is 48.5 cm³/mol. The molecule has 0 saturated carbocycles. The van der Waals surface area contributed by atoms with Crippen molar-refractivity contribution >= 4 is 5.91 Å². The number of nitrogens with zero attached hydrogens (tertiary/aromatic N) is 1. The molecular weight excluding hydrogens is 168 g/mol. The second kappa shape index (κ2) is 4.45. The number of carbonyl (C=O) groups excluding carboxylic acids is 1. The standard InChI is InChI=1S/C9H12N2O2/c1-2-5-13-8-6-7(9(10)12)3-4-11-8/h3-4,6H,2,5H2,1H3,(H2,10,12). The first-order valence-electron chi connectivity index (χ1n) is 4.12. The number of carbonyl (C=O) groups is 1. The molecule has 0 aliphatic carbocycles. The molecule has 1 rings (SSSR count). The fourth-order valence-electron chi connectivity index (χ4n) is 0.848. The molecule has 0 fully saturated rings. The molecule has 4 nitrogen and oxygen atoms in total. The number of hydrogen-bond acceptors (Lipinski definition) is 3. The van der Waals surface area contributed by atoms with Crippen LogP contribution in [0.1, 0.15) is 23.7 Å². The van der Waals surface area contributed by atoms with Crippen LogP contribution in [0.15, 0.2) is 18.3 Å². The first kappa shape index (κ1) is 9.51. The van der Waals surface area contributed by atoms with Crippen molar-refractivity contribution in [2.75, 3.05) is 6.61 Å². The monoisotopic (exact) mass is 180 g/mol. The second-order valence-electron chi connectivity index (χ2n) is 2.60. The lowest BCUT2D eigenvalue weighted by Crippen LogP contribution is -2.11. The van der Waals surface area contributed by atoms with Gasteiger partial charge in [-0.25, -0.2) is 4.98 Å². The highest BCUT2D eigenvalue weighted by Crippen LogP contribution is 2.08. The Morgan fingerprint density at radius 2 is 2.46 bits per heavy atom. The number of primary amides is 1. The van der Waals surface area contributed by atoms with E-state index in [4.69, 9.17) is 10.5 Å². The summed E-state index contributed by atoms with van der Waals surface area (Å²) in [7, 11) is 0. The van der Waals surface area contributed by atoms with Crippen LogP contribution < -0.4 is 10.5 Å². The predicted octanol–water partition coefficient (Wildman–Crippen LogP) is 0.969. The minimum absolute atomic E-state index is 0.418. The summed E-state index contributed by atoms with van der Waals surface area (Å²) in [6.07, 6.45) is 2.41. The first-order chi connectivity index (χ1) is 6.24. The molecule has 0 radical (unpaired) electrons. The van der Waals surface area contributed by atoms with Crippen molar-refractivity contribution in [2.45, 2.75) is 13.3 Å². The van der Waals surface area contributed by atoms with E-state index in [-0.39, 0.29) is 0 Å². The van der Waals surface area contributed by atoms with Crippen LogP contribution in [0, 0.1) is 0 Å². The van der Waals surface area contributed by atoms with Gasteiger partial charge in [-0.15, -0.1) is 0 Å². The van der Waals surface area contributed by atoms with Gasteiger partial charge in [0.05, 0.1) is 6.61 Å². The molecular formula is C9H12N2O2. The molecule has 13 heavy (non-hydrogen) atoms. The molecule has 0 atom stereocenters. The van der Waals surface area contributed by atoms with Crippen LogP contribution in [0.3, 0.4) is 0 Å². The third-order valence-corrected chi connectivity index (χ3v) is 1.47. The number of hydrogen-bond donors (Lipinski definition) is 1. The van der Waals surface area contributed by atoms with Crippen molar-refractivity contribution < 1.29 is 9.53 Å². The van der Waals surface area contributed by atoms with Gasteiger partial charge < -0.3 is 10.5 Å². The van der Waals surface area contributed by atoms with E-state index in [1.54, 1.807) is 6.07 Å². The smallest absolute Gasteiger partial charge is 0.248 e. The molecule has 0 spiro atoms. The zero-order chi connectivity index (χ0) is 9.68. The summed E-state index contributed by atoms with van der Waals surface area (Å²) in [5.41, 5.74) is 5.51. The van der Waals surface area contributed by atoms with Crippen LogP contribution in [-0.4, -0.2) is 17.5 Å². The fraction of sp³-hybridized carbons (Fsp3) is 0.333. The number of nitrogens with two attached hydrogens (primary N) is 1. The maximum absolute atomic E-state index is 10.8. The van der Waals surface area contributed by atoms with Crippen LogP contribution in [0.5, 0.6) is 5.88 Å². The van der Waals surface area contributed by atoms with E-state index < -0.39 is 5.91 Å². The molecule has 0 saturated heterocycles. The van der Waals surface area contributed by atoms with E-state index in [0.29, 0.717) is 18.1 Å². The van der Waals surface area contributed by atoms with Crippen molar-refractivity contribution in [3.8, 4) is 5.88 Å². The molecule has 0 aromatic carbocycles. The van der Waals surface area contributed by atoms with Crippen molar-refractivity contribution in [1.82, 2.24) is 4.98 Å². The largest absolute Gasteiger partial charge is 0.478 e. The fourth-order valence-corrected chi connectivity index (χ4v) is 0.848. The van der Waals surface area contributed by atoms with Gasteiger partial charge in [-0.2, -0.15) is 0 Å². The van der Waals surface area contributed by atoms with E-state index in [0.717, 1.165) is 6.42 Å². The summed E-state index contributed by atoms with van der Waals surface area (Å²) >= 11 is 0. The molecule has 0 unspecified atom stereocenters. The van der Waals surface area contributed by atoms with Gasteiger partial charge in [0.15, 0.2) is 0 Å². The van der Waals surface area contributed by atoms with Crippen LogP contribution in [-0.2, 0) is 0 Å². The lowest BCUT2D eigenvalue weighted by atomic mass is 10.2. The Morgan fingerprint density at radius 1 is 1.69 bits per heavy atom. The molecule has 2 N–H and O–H groups in total. The highest BCUT2D eigenvalue weighted by atomic mass is 16.5.